The van der Waals surface area contributed by atoms with Crippen LogP contribution in [0.1, 0.15) is 35.6 Å². The highest BCUT2D eigenvalue weighted by molar-refractivity contribution is 5.39. The molecule has 1 aliphatic rings. The second-order valence-electron chi connectivity index (χ2n) is 5.96. The van der Waals surface area contributed by atoms with Crippen LogP contribution in [0.15, 0.2) is 36.4 Å². The molecule has 1 heterocycles. The maximum absolute atomic E-state index is 5.34. The number of pyridine rings is 1. The molecule has 1 aromatic heterocycles. The minimum Gasteiger partial charge on any atom is -0.497 e. The predicted octanol–water partition coefficient (Wildman–Crippen LogP) is 3.31. The lowest BCUT2D eigenvalue weighted by atomic mass is 9.82. The summed E-state index contributed by atoms with van der Waals surface area (Å²) in [5, 5.41) is 3.54. The third-order valence-electron chi connectivity index (χ3n) is 4.48. The van der Waals surface area contributed by atoms with Crippen LogP contribution in [0.5, 0.6) is 11.6 Å². The van der Waals surface area contributed by atoms with Gasteiger partial charge in [0.25, 0.3) is 0 Å². The van der Waals surface area contributed by atoms with E-state index < -0.39 is 0 Å². The molecule has 0 aliphatic heterocycles. The van der Waals surface area contributed by atoms with Gasteiger partial charge in [0.05, 0.1) is 19.9 Å². The molecule has 1 aromatic carbocycles. The highest BCUT2D eigenvalue weighted by atomic mass is 16.5. The number of aryl methyl sites for hydroxylation is 1. The summed E-state index contributed by atoms with van der Waals surface area (Å²) < 4.78 is 10.5. The van der Waals surface area contributed by atoms with Crippen molar-refractivity contribution in [2.24, 2.45) is 0 Å². The summed E-state index contributed by atoms with van der Waals surface area (Å²) in [6, 6.07) is 12.4. The first kappa shape index (κ1) is 15.8. The first-order valence-corrected chi connectivity index (χ1v) is 8.17. The van der Waals surface area contributed by atoms with Gasteiger partial charge in [-0.2, -0.15) is 0 Å². The molecule has 3 rings (SSSR count). The van der Waals surface area contributed by atoms with E-state index in [2.05, 4.69) is 28.5 Å². The molecule has 0 saturated heterocycles. The van der Waals surface area contributed by atoms with Crippen LogP contribution in [0, 0.1) is 0 Å². The van der Waals surface area contributed by atoms with Gasteiger partial charge >= 0.3 is 0 Å². The van der Waals surface area contributed by atoms with Crippen molar-refractivity contribution in [1.82, 2.24) is 10.3 Å². The summed E-state index contributed by atoms with van der Waals surface area (Å²) in [5.41, 5.74) is 3.90. The Balaban J connectivity index is 1.61. The van der Waals surface area contributed by atoms with Crippen LogP contribution < -0.4 is 14.8 Å². The van der Waals surface area contributed by atoms with Crippen molar-refractivity contribution >= 4 is 0 Å². The minimum atomic E-state index is 0.565. The van der Waals surface area contributed by atoms with Crippen LogP contribution in [-0.2, 0) is 13.0 Å². The maximum atomic E-state index is 5.34. The fraction of sp³-hybridized carbons (Fsp3) is 0.421. The lowest BCUT2D eigenvalue weighted by Gasteiger charge is -2.26. The van der Waals surface area contributed by atoms with Gasteiger partial charge in [0.2, 0.25) is 5.88 Å². The zero-order chi connectivity index (χ0) is 16.1. The molecule has 4 nitrogen and oxygen atoms in total. The number of nitrogens with one attached hydrogen (secondary N) is 1. The van der Waals surface area contributed by atoms with Gasteiger partial charge in [-0.3, -0.25) is 0 Å². The van der Waals surface area contributed by atoms with E-state index in [4.69, 9.17) is 9.47 Å². The zero-order valence-electron chi connectivity index (χ0n) is 13.8. The van der Waals surface area contributed by atoms with Gasteiger partial charge in [0, 0.05) is 19.2 Å². The Kier molecular flexibility index (Phi) is 5.13. The Bertz CT molecular complexity index is 658. The molecular formula is C19H24N2O2. The Labute approximate surface area is 137 Å². The average molecular weight is 312 g/mol. The van der Waals surface area contributed by atoms with Gasteiger partial charge in [0.1, 0.15) is 5.75 Å². The molecule has 23 heavy (non-hydrogen) atoms. The molecule has 1 atom stereocenters. The quantitative estimate of drug-likeness (QED) is 0.889. The highest BCUT2D eigenvalue weighted by Crippen LogP contribution is 2.33. The van der Waals surface area contributed by atoms with Gasteiger partial charge in [-0.1, -0.05) is 12.1 Å². The van der Waals surface area contributed by atoms with Crippen molar-refractivity contribution in [2.75, 3.05) is 20.8 Å². The molecule has 0 saturated carbocycles. The van der Waals surface area contributed by atoms with Crippen LogP contribution >= 0.6 is 0 Å². The number of ether oxygens (including phenoxy) is 2. The Morgan fingerprint density at radius 2 is 2.09 bits per heavy atom. The smallest absolute Gasteiger partial charge is 0.213 e. The average Bonchev–Trinajstić information content (AvgIpc) is 2.61. The van der Waals surface area contributed by atoms with Crippen LogP contribution in [0.25, 0.3) is 0 Å². The van der Waals surface area contributed by atoms with E-state index in [0.29, 0.717) is 11.8 Å². The molecule has 0 amide bonds. The lowest BCUT2D eigenvalue weighted by Crippen LogP contribution is -2.24. The standard InChI is InChI=1S/C19H24N2O2/c1-22-17-9-10-18-14(11-17)5-3-6-15(18)12-20-13-16-7-4-8-19(21-16)23-2/h4,7-11,15,20H,3,5-6,12-13H2,1-2H3. The summed E-state index contributed by atoms with van der Waals surface area (Å²) >= 11 is 0. The third kappa shape index (κ3) is 3.82. The number of rotatable bonds is 6. The van der Waals surface area contributed by atoms with Gasteiger partial charge in [-0.05, 0) is 54.5 Å². The number of methoxy groups -OCH3 is 2. The number of hydrogen-bond donors (Lipinski definition) is 1. The van der Waals surface area contributed by atoms with Gasteiger partial charge in [-0.15, -0.1) is 0 Å². The zero-order valence-corrected chi connectivity index (χ0v) is 13.8. The van der Waals surface area contributed by atoms with Crippen molar-refractivity contribution in [3.05, 3.63) is 53.2 Å². The van der Waals surface area contributed by atoms with E-state index in [1.54, 1.807) is 14.2 Å². The minimum absolute atomic E-state index is 0.565. The van der Waals surface area contributed by atoms with Crippen LogP contribution in [-0.4, -0.2) is 25.7 Å². The second-order valence-corrected chi connectivity index (χ2v) is 5.96. The first-order valence-electron chi connectivity index (χ1n) is 8.17. The van der Waals surface area contributed by atoms with E-state index in [1.165, 1.54) is 24.0 Å². The first-order chi connectivity index (χ1) is 11.3. The molecule has 4 heteroatoms. The number of aromatic nitrogens is 1. The maximum Gasteiger partial charge on any atom is 0.213 e. The Morgan fingerprint density at radius 3 is 2.91 bits per heavy atom. The molecule has 0 radical (unpaired) electrons. The number of benzene rings is 1. The predicted molar refractivity (Wildman–Crippen MR) is 91.2 cm³/mol. The van der Waals surface area contributed by atoms with Crippen LogP contribution in [0.2, 0.25) is 0 Å². The number of hydrogen-bond acceptors (Lipinski definition) is 4. The van der Waals surface area contributed by atoms with Crippen LogP contribution in [0.4, 0.5) is 0 Å². The van der Waals surface area contributed by atoms with E-state index in [0.717, 1.165) is 31.0 Å². The van der Waals surface area contributed by atoms with Crippen molar-refractivity contribution in [1.29, 1.82) is 0 Å². The molecule has 1 N–H and O–H groups in total. The van der Waals surface area contributed by atoms with Gasteiger partial charge in [0.15, 0.2) is 0 Å². The van der Waals surface area contributed by atoms with Gasteiger partial charge < -0.3 is 14.8 Å². The molecule has 122 valence electrons. The SMILES string of the molecule is COc1ccc2c(c1)CCCC2CNCc1cccc(OC)n1. The summed E-state index contributed by atoms with van der Waals surface area (Å²) in [4.78, 5) is 4.44. The van der Waals surface area contributed by atoms with Crippen molar-refractivity contribution in [2.45, 2.75) is 31.7 Å². The summed E-state index contributed by atoms with van der Waals surface area (Å²) in [6.45, 7) is 1.73. The van der Waals surface area contributed by atoms with E-state index in [9.17, 15) is 0 Å². The van der Waals surface area contributed by atoms with Crippen molar-refractivity contribution in [3.8, 4) is 11.6 Å². The summed E-state index contributed by atoms with van der Waals surface area (Å²) in [7, 11) is 3.37. The summed E-state index contributed by atoms with van der Waals surface area (Å²) in [6.07, 6.45) is 3.63. The van der Waals surface area contributed by atoms with Gasteiger partial charge in [-0.25, -0.2) is 4.98 Å². The third-order valence-corrected chi connectivity index (χ3v) is 4.48. The molecule has 1 aliphatic carbocycles. The molecule has 0 spiro atoms. The Hall–Kier alpha value is -2.07. The topological polar surface area (TPSA) is 43.4 Å². The fourth-order valence-corrected chi connectivity index (χ4v) is 3.27. The number of nitrogens with zero attached hydrogens (tertiary/aromatic N) is 1. The Morgan fingerprint density at radius 1 is 1.17 bits per heavy atom. The second kappa shape index (κ2) is 7.47. The molecule has 1 unspecified atom stereocenters. The molecule has 2 aromatic rings. The summed E-state index contributed by atoms with van der Waals surface area (Å²) in [5.74, 6) is 2.19. The van der Waals surface area contributed by atoms with Crippen LogP contribution in [0.3, 0.4) is 0 Å². The lowest BCUT2D eigenvalue weighted by molar-refractivity contribution is 0.395. The fourth-order valence-electron chi connectivity index (χ4n) is 3.27. The highest BCUT2D eigenvalue weighted by Gasteiger charge is 2.20. The molecule has 0 fully saturated rings. The van der Waals surface area contributed by atoms with E-state index in [-0.39, 0.29) is 0 Å². The molecule has 0 bridgehead atoms. The van der Waals surface area contributed by atoms with Crippen molar-refractivity contribution in [3.63, 3.8) is 0 Å². The van der Waals surface area contributed by atoms with E-state index >= 15 is 0 Å². The van der Waals surface area contributed by atoms with E-state index in [1.807, 2.05) is 18.2 Å². The number of fused-ring (bicyclic) bond motifs is 1. The van der Waals surface area contributed by atoms with Crippen molar-refractivity contribution < 1.29 is 9.47 Å². The monoisotopic (exact) mass is 312 g/mol. The largest absolute Gasteiger partial charge is 0.497 e. The molecular weight excluding hydrogens is 288 g/mol. The normalized spacial score (nSPS) is 16.7.